The van der Waals surface area contributed by atoms with Crippen molar-refractivity contribution in [1.29, 1.82) is 0 Å². The number of halogens is 2. The molecule has 162 valence electrons. The average molecular weight is 485 g/mol. The number of carbonyl (C=O) groups excluding carboxylic acids is 1. The van der Waals surface area contributed by atoms with E-state index in [0.717, 1.165) is 21.2 Å². The summed E-state index contributed by atoms with van der Waals surface area (Å²) in [7, 11) is 0. The van der Waals surface area contributed by atoms with Gasteiger partial charge in [0.15, 0.2) is 6.61 Å². The summed E-state index contributed by atoms with van der Waals surface area (Å²) in [5.41, 5.74) is 1.51. The zero-order valence-electron chi connectivity index (χ0n) is 17.0. The highest BCUT2D eigenvalue weighted by Crippen LogP contribution is 2.39. The lowest BCUT2D eigenvalue weighted by Gasteiger charge is -2.11. The molecule has 5 nitrogen and oxygen atoms in total. The molecule has 0 amide bonds. The van der Waals surface area contributed by atoms with Crippen LogP contribution in [0.3, 0.4) is 0 Å². The zero-order valence-corrected chi connectivity index (χ0v) is 19.3. The van der Waals surface area contributed by atoms with Gasteiger partial charge in [-0.1, -0.05) is 53.2 Å². The van der Waals surface area contributed by atoms with Gasteiger partial charge in [0.1, 0.15) is 5.75 Å². The van der Waals surface area contributed by atoms with E-state index in [-0.39, 0.29) is 6.61 Å². The van der Waals surface area contributed by atoms with Crippen LogP contribution in [0.4, 0.5) is 0 Å². The van der Waals surface area contributed by atoms with Gasteiger partial charge in [-0.2, -0.15) is 9.78 Å². The minimum Gasteiger partial charge on any atom is -0.482 e. The van der Waals surface area contributed by atoms with Crippen LogP contribution < -0.4 is 9.47 Å². The van der Waals surface area contributed by atoms with Crippen LogP contribution >= 0.6 is 35.0 Å². The van der Waals surface area contributed by atoms with Crippen molar-refractivity contribution in [3.8, 4) is 17.3 Å². The van der Waals surface area contributed by atoms with Crippen LogP contribution in [0, 0.1) is 6.92 Å². The molecule has 0 N–H and O–H groups in total. The maximum Gasteiger partial charge on any atom is 0.350 e. The second kappa shape index (κ2) is 10.1. The van der Waals surface area contributed by atoms with Gasteiger partial charge in [-0.05, 0) is 67.6 Å². The summed E-state index contributed by atoms with van der Waals surface area (Å²) in [6.07, 6.45) is 0. The van der Waals surface area contributed by atoms with Crippen molar-refractivity contribution in [2.45, 2.75) is 16.7 Å². The maximum absolute atomic E-state index is 12.7. The molecule has 0 spiro atoms. The van der Waals surface area contributed by atoms with Crippen LogP contribution in [0.25, 0.3) is 5.69 Å². The molecule has 0 bridgehead atoms. The number of ether oxygens (including phenoxy) is 2. The fraction of sp³-hybridized carbons (Fsp3) is 0.0833. The number of nitrogens with zero attached hydrogens (tertiary/aromatic N) is 2. The molecule has 1 aromatic heterocycles. The van der Waals surface area contributed by atoms with Crippen LogP contribution in [-0.2, 0) is 4.79 Å². The van der Waals surface area contributed by atoms with E-state index in [2.05, 4.69) is 5.10 Å². The SMILES string of the molecule is Cc1nn(-c2ccccc2)c(OC(=O)COc2ccc(Cl)cc2)c1Sc1ccc(Cl)cc1. The van der Waals surface area contributed by atoms with Crippen molar-refractivity contribution >= 4 is 40.9 Å². The van der Waals surface area contributed by atoms with E-state index >= 15 is 0 Å². The fourth-order valence-electron chi connectivity index (χ4n) is 2.87. The molecule has 1 heterocycles. The first kappa shape index (κ1) is 22.3. The van der Waals surface area contributed by atoms with Gasteiger partial charge in [-0.3, -0.25) is 0 Å². The largest absolute Gasteiger partial charge is 0.482 e. The summed E-state index contributed by atoms with van der Waals surface area (Å²) < 4.78 is 12.9. The van der Waals surface area contributed by atoms with Gasteiger partial charge >= 0.3 is 5.97 Å². The Hall–Kier alpha value is -2.93. The molecular formula is C24H18Cl2N2O3S. The minimum atomic E-state index is -0.546. The molecule has 0 fully saturated rings. The Morgan fingerprint density at radius 3 is 2.22 bits per heavy atom. The Kier molecular flexibility index (Phi) is 7.05. The minimum absolute atomic E-state index is 0.258. The summed E-state index contributed by atoms with van der Waals surface area (Å²) in [5.74, 6) is 0.309. The Balaban J connectivity index is 1.60. The molecule has 4 rings (SSSR count). The standard InChI is InChI=1S/C24H18Cl2N2O3S/c1-16-23(32-21-13-9-18(26)10-14-21)24(28(27-16)19-5-3-2-4-6-19)31-22(29)15-30-20-11-7-17(25)8-12-20/h2-14H,15H2,1H3. The van der Waals surface area contributed by atoms with Crippen LogP contribution in [0.2, 0.25) is 10.0 Å². The molecule has 32 heavy (non-hydrogen) atoms. The Bertz CT molecular complexity index is 1210. The lowest BCUT2D eigenvalue weighted by Crippen LogP contribution is -2.19. The second-order valence-corrected chi connectivity index (χ2v) is 8.70. The van der Waals surface area contributed by atoms with Crippen LogP contribution in [0.15, 0.2) is 88.7 Å². The first-order chi connectivity index (χ1) is 15.5. The third-order valence-corrected chi connectivity index (χ3v) is 6.07. The maximum atomic E-state index is 12.7. The number of esters is 1. The highest BCUT2D eigenvalue weighted by atomic mass is 35.5. The quantitative estimate of drug-likeness (QED) is 0.275. The lowest BCUT2D eigenvalue weighted by atomic mass is 10.3. The molecule has 0 unspecified atom stereocenters. The number of aryl methyl sites for hydroxylation is 1. The van der Waals surface area contributed by atoms with Gasteiger partial charge in [0.25, 0.3) is 0 Å². The predicted octanol–water partition coefficient (Wildman–Crippen LogP) is 6.62. The molecule has 0 aliphatic carbocycles. The number of benzene rings is 3. The van der Waals surface area contributed by atoms with E-state index in [1.165, 1.54) is 11.8 Å². The first-order valence-electron chi connectivity index (χ1n) is 9.67. The van der Waals surface area contributed by atoms with Gasteiger partial charge < -0.3 is 9.47 Å². The normalized spacial score (nSPS) is 10.7. The van der Waals surface area contributed by atoms with Crippen molar-refractivity contribution in [2.75, 3.05) is 6.61 Å². The van der Waals surface area contributed by atoms with E-state index in [1.54, 1.807) is 28.9 Å². The van der Waals surface area contributed by atoms with Crippen molar-refractivity contribution in [3.63, 3.8) is 0 Å². The fourth-order valence-corrected chi connectivity index (χ4v) is 4.04. The van der Waals surface area contributed by atoms with E-state index in [1.807, 2.05) is 61.5 Å². The molecule has 0 saturated heterocycles. The second-order valence-electron chi connectivity index (χ2n) is 6.74. The van der Waals surface area contributed by atoms with Crippen molar-refractivity contribution < 1.29 is 14.3 Å². The molecule has 4 aromatic rings. The number of aromatic nitrogens is 2. The van der Waals surface area contributed by atoms with Crippen molar-refractivity contribution in [1.82, 2.24) is 9.78 Å². The molecule has 0 aliphatic rings. The average Bonchev–Trinajstić information content (AvgIpc) is 3.10. The lowest BCUT2D eigenvalue weighted by molar-refractivity contribution is -0.137. The summed E-state index contributed by atoms with van der Waals surface area (Å²) >= 11 is 13.3. The van der Waals surface area contributed by atoms with E-state index in [9.17, 15) is 4.79 Å². The molecule has 3 aromatic carbocycles. The summed E-state index contributed by atoms with van der Waals surface area (Å²) in [4.78, 5) is 14.3. The Morgan fingerprint density at radius 2 is 1.56 bits per heavy atom. The third kappa shape index (κ3) is 5.46. The molecule has 0 radical (unpaired) electrons. The van der Waals surface area contributed by atoms with Crippen LogP contribution in [-0.4, -0.2) is 22.4 Å². The zero-order chi connectivity index (χ0) is 22.5. The first-order valence-corrected chi connectivity index (χ1v) is 11.2. The smallest absolute Gasteiger partial charge is 0.350 e. The summed E-state index contributed by atoms with van der Waals surface area (Å²) in [6.45, 7) is 1.62. The monoisotopic (exact) mass is 484 g/mol. The highest BCUT2D eigenvalue weighted by Gasteiger charge is 2.22. The number of para-hydroxylation sites is 1. The van der Waals surface area contributed by atoms with Gasteiger partial charge in [-0.15, -0.1) is 0 Å². The Labute approximate surface area is 199 Å². The van der Waals surface area contributed by atoms with E-state index in [4.69, 9.17) is 32.7 Å². The number of hydrogen-bond acceptors (Lipinski definition) is 5. The molecule has 0 atom stereocenters. The van der Waals surface area contributed by atoms with E-state index < -0.39 is 5.97 Å². The number of rotatable bonds is 7. The molecule has 0 saturated carbocycles. The van der Waals surface area contributed by atoms with Crippen LogP contribution in [0.5, 0.6) is 11.6 Å². The third-order valence-electron chi connectivity index (χ3n) is 4.38. The van der Waals surface area contributed by atoms with Gasteiger partial charge in [-0.25, -0.2) is 4.79 Å². The molecule has 0 aliphatic heterocycles. The molecular weight excluding hydrogens is 467 g/mol. The Morgan fingerprint density at radius 1 is 0.938 bits per heavy atom. The van der Waals surface area contributed by atoms with Gasteiger partial charge in [0.2, 0.25) is 5.88 Å². The van der Waals surface area contributed by atoms with Crippen molar-refractivity contribution in [3.05, 3.63) is 94.6 Å². The topological polar surface area (TPSA) is 53.4 Å². The summed E-state index contributed by atoms with van der Waals surface area (Å²) in [6, 6.07) is 23.7. The van der Waals surface area contributed by atoms with Gasteiger partial charge in [0, 0.05) is 14.9 Å². The predicted molar refractivity (Wildman–Crippen MR) is 126 cm³/mol. The van der Waals surface area contributed by atoms with E-state index in [0.29, 0.717) is 21.7 Å². The summed E-state index contributed by atoms with van der Waals surface area (Å²) in [5, 5.41) is 5.85. The number of hydrogen-bond donors (Lipinski definition) is 0. The van der Waals surface area contributed by atoms with Crippen LogP contribution in [0.1, 0.15) is 5.69 Å². The van der Waals surface area contributed by atoms with Crippen molar-refractivity contribution in [2.24, 2.45) is 0 Å². The molecule has 8 heteroatoms. The highest BCUT2D eigenvalue weighted by molar-refractivity contribution is 7.99. The number of carbonyl (C=O) groups is 1. The van der Waals surface area contributed by atoms with Gasteiger partial charge in [0.05, 0.1) is 16.3 Å².